The highest BCUT2D eigenvalue weighted by Gasteiger charge is 2.17. The van der Waals surface area contributed by atoms with E-state index in [9.17, 15) is 0 Å². The first-order valence-electron chi connectivity index (χ1n) is 12.9. The van der Waals surface area contributed by atoms with Gasteiger partial charge in [0.05, 0.1) is 23.5 Å². The Bertz CT molecular complexity index is 1530. The van der Waals surface area contributed by atoms with Crippen molar-refractivity contribution < 1.29 is 4.74 Å². The lowest BCUT2D eigenvalue weighted by atomic mass is 10.0. The number of hydrogen-bond acceptors (Lipinski definition) is 8. The first-order chi connectivity index (χ1) is 18.7. The summed E-state index contributed by atoms with van der Waals surface area (Å²) in [6.07, 6.45) is 7.51. The predicted molar refractivity (Wildman–Crippen MR) is 149 cm³/mol. The molecule has 1 atom stereocenters. The van der Waals surface area contributed by atoms with Crippen LogP contribution in [-0.2, 0) is 6.54 Å². The molecule has 1 aliphatic rings. The molecule has 0 amide bonds. The molecular weight excluding hydrogens is 476 g/mol. The van der Waals surface area contributed by atoms with E-state index >= 15 is 0 Å². The van der Waals surface area contributed by atoms with Crippen LogP contribution in [0, 0.1) is 6.92 Å². The molecule has 0 bridgehead atoms. The first kappa shape index (κ1) is 23.9. The van der Waals surface area contributed by atoms with Gasteiger partial charge >= 0.3 is 0 Å². The minimum atomic E-state index is 0.318. The number of aromatic amines is 1. The van der Waals surface area contributed by atoms with Gasteiger partial charge in [-0.15, -0.1) is 0 Å². The Hall–Kier alpha value is -4.50. The molecule has 4 N–H and O–H groups in total. The Morgan fingerprint density at radius 2 is 1.95 bits per heavy atom. The summed E-state index contributed by atoms with van der Waals surface area (Å²) >= 11 is 0. The van der Waals surface area contributed by atoms with Crippen LogP contribution in [-0.4, -0.2) is 44.3 Å². The van der Waals surface area contributed by atoms with Gasteiger partial charge in [0.1, 0.15) is 5.75 Å². The topological polar surface area (TPSA) is 113 Å². The number of piperidine rings is 1. The molecule has 1 saturated heterocycles. The number of aromatic nitrogens is 5. The number of rotatable bonds is 8. The number of nitrogens with one attached hydrogen (secondary N) is 4. The minimum absolute atomic E-state index is 0.318. The van der Waals surface area contributed by atoms with Crippen LogP contribution >= 0.6 is 0 Å². The lowest BCUT2D eigenvalue weighted by Crippen LogP contribution is -2.38. The van der Waals surface area contributed by atoms with Gasteiger partial charge in [0.15, 0.2) is 0 Å². The number of nitrogens with zero attached hydrogens (tertiary/aromatic N) is 4. The molecule has 9 nitrogen and oxygen atoms in total. The second-order valence-electron chi connectivity index (χ2n) is 9.46. The number of fused-ring (bicyclic) bond motifs is 1. The van der Waals surface area contributed by atoms with E-state index in [-0.39, 0.29) is 0 Å². The first-order valence-corrected chi connectivity index (χ1v) is 12.9. The monoisotopic (exact) mass is 506 g/mol. The number of pyridine rings is 1. The summed E-state index contributed by atoms with van der Waals surface area (Å²) in [5, 5.41) is 19.5. The quantitative estimate of drug-likeness (QED) is 0.225. The third kappa shape index (κ3) is 5.14. The normalized spacial score (nSPS) is 15.3. The molecule has 9 heteroatoms. The van der Waals surface area contributed by atoms with Crippen LogP contribution in [0.4, 0.5) is 11.6 Å². The van der Waals surface area contributed by atoms with Crippen LogP contribution in [0.15, 0.2) is 73.2 Å². The maximum Gasteiger partial charge on any atom is 0.228 e. The molecule has 3 aromatic heterocycles. The fourth-order valence-electron chi connectivity index (χ4n) is 4.80. The van der Waals surface area contributed by atoms with E-state index in [0.29, 0.717) is 24.4 Å². The van der Waals surface area contributed by atoms with E-state index in [1.807, 2.05) is 37.3 Å². The molecular formula is C29H30N8O. The number of hydrogen-bond donors (Lipinski definition) is 4. The molecule has 1 fully saturated rings. The highest BCUT2D eigenvalue weighted by molar-refractivity contribution is 5.98. The van der Waals surface area contributed by atoms with Gasteiger partial charge < -0.3 is 20.7 Å². The molecule has 38 heavy (non-hydrogen) atoms. The van der Waals surface area contributed by atoms with Crippen LogP contribution < -0.4 is 20.7 Å². The molecule has 2 aromatic carbocycles. The molecule has 4 heterocycles. The average molecular weight is 507 g/mol. The molecule has 1 aliphatic heterocycles. The fraction of sp³-hybridized carbons (Fsp3) is 0.241. The highest BCUT2D eigenvalue weighted by atomic mass is 16.5. The van der Waals surface area contributed by atoms with Crippen molar-refractivity contribution in [2.45, 2.75) is 32.4 Å². The standard InChI is InChI=1S/C29H30N8O/c1-19-9-10-22-23(6-2-8-25(22)33-18-21-11-16-34-37-21)27(19)38-28-24(7-4-14-31-28)26-12-15-32-29(36-26)35-20-5-3-13-30-17-20/h2,4,6-12,14-16,20,30,33H,3,5,13,17-18H2,1H3,(H,34,37)(H,32,35,36)/t20-/m0/s1. The zero-order valence-electron chi connectivity index (χ0n) is 21.2. The zero-order valence-corrected chi connectivity index (χ0v) is 21.2. The molecule has 0 saturated carbocycles. The minimum Gasteiger partial charge on any atom is -0.437 e. The lowest BCUT2D eigenvalue weighted by molar-refractivity contribution is 0.466. The zero-order chi connectivity index (χ0) is 25.7. The Balaban J connectivity index is 1.31. The van der Waals surface area contributed by atoms with Crippen LogP contribution in [0.5, 0.6) is 11.6 Å². The number of anilines is 2. The molecule has 0 unspecified atom stereocenters. The van der Waals surface area contributed by atoms with Crippen molar-refractivity contribution >= 4 is 22.4 Å². The van der Waals surface area contributed by atoms with Gasteiger partial charge in [-0.3, -0.25) is 5.10 Å². The van der Waals surface area contributed by atoms with Gasteiger partial charge in [0.25, 0.3) is 0 Å². The summed E-state index contributed by atoms with van der Waals surface area (Å²) in [5.74, 6) is 1.89. The Labute approximate surface area is 221 Å². The van der Waals surface area contributed by atoms with Crippen molar-refractivity contribution in [2.75, 3.05) is 23.7 Å². The van der Waals surface area contributed by atoms with Gasteiger partial charge in [0, 0.05) is 47.6 Å². The van der Waals surface area contributed by atoms with E-state index in [4.69, 9.17) is 9.72 Å². The molecule has 192 valence electrons. The smallest absolute Gasteiger partial charge is 0.228 e. The van der Waals surface area contributed by atoms with E-state index in [0.717, 1.165) is 70.7 Å². The molecule has 0 aliphatic carbocycles. The maximum absolute atomic E-state index is 6.56. The van der Waals surface area contributed by atoms with E-state index in [1.54, 1.807) is 18.6 Å². The third-order valence-corrected chi connectivity index (χ3v) is 6.77. The van der Waals surface area contributed by atoms with Gasteiger partial charge in [-0.1, -0.05) is 24.3 Å². The van der Waals surface area contributed by atoms with Crippen LogP contribution in [0.2, 0.25) is 0 Å². The Morgan fingerprint density at radius 1 is 0.974 bits per heavy atom. The molecule has 0 radical (unpaired) electrons. The van der Waals surface area contributed by atoms with Gasteiger partial charge in [0.2, 0.25) is 11.8 Å². The number of H-pyrrole nitrogens is 1. The van der Waals surface area contributed by atoms with Crippen molar-refractivity contribution in [2.24, 2.45) is 0 Å². The average Bonchev–Trinajstić information content (AvgIpc) is 3.48. The summed E-state index contributed by atoms with van der Waals surface area (Å²) in [6.45, 7) is 4.67. The van der Waals surface area contributed by atoms with Gasteiger partial charge in [-0.2, -0.15) is 5.10 Å². The van der Waals surface area contributed by atoms with E-state index in [2.05, 4.69) is 60.4 Å². The summed E-state index contributed by atoms with van der Waals surface area (Å²) in [5.41, 5.74) is 4.63. The van der Waals surface area contributed by atoms with Gasteiger partial charge in [-0.25, -0.2) is 15.0 Å². The molecule has 5 aromatic rings. The number of aryl methyl sites for hydroxylation is 1. The Kier molecular flexibility index (Phi) is 6.82. The maximum atomic E-state index is 6.56. The fourth-order valence-corrected chi connectivity index (χ4v) is 4.80. The van der Waals surface area contributed by atoms with Crippen LogP contribution in [0.25, 0.3) is 22.0 Å². The lowest BCUT2D eigenvalue weighted by Gasteiger charge is -2.23. The summed E-state index contributed by atoms with van der Waals surface area (Å²) < 4.78 is 6.56. The Morgan fingerprint density at radius 3 is 2.82 bits per heavy atom. The molecule has 6 rings (SSSR count). The third-order valence-electron chi connectivity index (χ3n) is 6.77. The van der Waals surface area contributed by atoms with Crippen LogP contribution in [0.1, 0.15) is 24.1 Å². The SMILES string of the molecule is Cc1ccc2c(NCc3ccn[nH]3)cccc2c1Oc1ncccc1-c1ccnc(N[C@H]2CCCNC2)n1. The van der Waals surface area contributed by atoms with Crippen molar-refractivity contribution in [3.63, 3.8) is 0 Å². The van der Waals surface area contributed by atoms with Crippen molar-refractivity contribution in [1.82, 2.24) is 30.5 Å². The largest absolute Gasteiger partial charge is 0.437 e. The second kappa shape index (κ2) is 10.9. The summed E-state index contributed by atoms with van der Waals surface area (Å²) in [7, 11) is 0. The van der Waals surface area contributed by atoms with E-state index < -0.39 is 0 Å². The van der Waals surface area contributed by atoms with Crippen molar-refractivity contribution in [3.05, 3.63) is 84.4 Å². The second-order valence-corrected chi connectivity index (χ2v) is 9.46. The van der Waals surface area contributed by atoms with Gasteiger partial charge in [-0.05, 0) is 62.2 Å². The molecule has 0 spiro atoms. The predicted octanol–water partition coefficient (Wildman–Crippen LogP) is 5.29. The number of benzene rings is 2. The van der Waals surface area contributed by atoms with Crippen LogP contribution in [0.3, 0.4) is 0 Å². The van der Waals surface area contributed by atoms with Crippen molar-refractivity contribution in [1.29, 1.82) is 0 Å². The van der Waals surface area contributed by atoms with Crippen molar-refractivity contribution in [3.8, 4) is 22.9 Å². The van der Waals surface area contributed by atoms with E-state index in [1.165, 1.54) is 0 Å². The summed E-state index contributed by atoms with van der Waals surface area (Å²) in [6, 6.07) is 18.4. The summed E-state index contributed by atoms with van der Waals surface area (Å²) in [4.78, 5) is 13.8. The number of ether oxygens (including phenoxy) is 1. The highest BCUT2D eigenvalue weighted by Crippen LogP contribution is 2.38.